The van der Waals surface area contributed by atoms with E-state index in [1.165, 1.54) is 12.7 Å². The predicted octanol–water partition coefficient (Wildman–Crippen LogP) is 3.59. The van der Waals surface area contributed by atoms with Crippen molar-refractivity contribution in [1.29, 1.82) is 0 Å². The van der Waals surface area contributed by atoms with E-state index < -0.39 is 0 Å². The molecule has 0 bridgehead atoms. The van der Waals surface area contributed by atoms with Gasteiger partial charge in [0.2, 0.25) is 0 Å². The first kappa shape index (κ1) is 17.8. The zero-order valence-electron chi connectivity index (χ0n) is 15.2. The lowest BCUT2D eigenvalue weighted by molar-refractivity contribution is 0.0672. The van der Waals surface area contributed by atoms with Gasteiger partial charge in [-0.05, 0) is 36.2 Å². The highest BCUT2D eigenvalue weighted by atomic mass is 16.7. The average molecular weight is 354 g/mol. The second-order valence-corrected chi connectivity index (χ2v) is 5.92. The molecule has 136 valence electrons. The number of rotatable bonds is 6. The van der Waals surface area contributed by atoms with Crippen LogP contribution in [0.25, 0.3) is 0 Å². The molecule has 0 saturated heterocycles. The van der Waals surface area contributed by atoms with Crippen LogP contribution in [0.5, 0.6) is 5.75 Å². The Balaban J connectivity index is 1.87. The average Bonchev–Trinajstić information content (AvgIpc) is 2.66. The maximum Gasteiger partial charge on any atom is 0.280 e. The third-order valence-corrected chi connectivity index (χ3v) is 3.93. The van der Waals surface area contributed by atoms with E-state index in [2.05, 4.69) is 23.3 Å². The van der Waals surface area contributed by atoms with Crippen LogP contribution in [0.3, 0.4) is 0 Å². The normalized spacial score (nSPS) is 14.1. The molecule has 1 heterocycles. The Kier molecular flexibility index (Phi) is 5.73. The first-order chi connectivity index (χ1) is 12.7. The molecule has 1 aliphatic heterocycles. The van der Waals surface area contributed by atoms with Crippen LogP contribution >= 0.6 is 0 Å². The molecule has 1 aliphatic rings. The lowest BCUT2D eigenvalue weighted by atomic mass is 10.0. The van der Waals surface area contributed by atoms with Crippen molar-refractivity contribution in [3.63, 3.8) is 0 Å². The molecule has 0 aliphatic carbocycles. The van der Waals surface area contributed by atoms with Crippen LogP contribution in [0.15, 0.2) is 52.8 Å². The molecule has 2 aromatic rings. The van der Waals surface area contributed by atoms with E-state index in [0.717, 1.165) is 22.4 Å². The summed E-state index contributed by atoms with van der Waals surface area (Å²) in [5.41, 5.74) is 4.55. The summed E-state index contributed by atoms with van der Waals surface area (Å²) in [5, 5.41) is 8.04. The number of ether oxygens (including phenoxy) is 2. The Labute approximate surface area is 153 Å². The van der Waals surface area contributed by atoms with Gasteiger partial charge in [-0.2, -0.15) is 0 Å². The SMILES string of the molecule is CON=C(C1=NOCCO1)c1ccccc1COc1ccc(C)cc1C. The van der Waals surface area contributed by atoms with Crippen LogP contribution in [-0.4, -0.2) is 31.9 Å². The molecule has 2 aromatic carbocycles. The Morgan fingerprint density at radius 2 is 2.00 bits per heavy atom. The van der Waals surface area contributed by atoms with Crippen molar-refractivity contribution >= 4 is 11.6 Å². The van der Waals surface area contributed by atoms with Gasteiger partial charge in [0.25, 0.3) is 5.90 Å². The fourth-order valence-corrected chi connectivity index (χ4v) is 2.71. The fourth-order valence-electron chi connectivity index (χ4n) is 2.71. The molecule has 0 amide bonds. The summed E-state index contributed by atoms with van der Waals surface area (Å²) in [5.74, 6) is 1.15. The molecule has 0 saturated carbocycles. The number of hydrogen-bond donors (Lipinski definition) is 0. The molecule has 6 nitrogen and oxygen atoms in total. The van der Waals surface area contributed by atoms with E-state index in [9.17, 15) is 0 Å². The number of nitrogens with zero attached hydrogens (tertiary/aromatic N) is 2. The third-order valence-electron chi connectivity index (χ3n) is 3.93. The molecule has 0 spiro atoms. The van der Waals surface area contributed by atoms with Crippen LogP contribution in [0.2, 0.25) is 0 Å². The number of aryl methyl sites for hydroxylation is 2. The van der Waals surface area contributed by atoms with Crippen LogP contribution in [-0.2, 0) is 21.0 Å². The van der Waals surface area contributed by atoms with Crippen molar-refractivity contribution in [2.75, 3.05) is 20.3 Å². The van der Waals surface area contributed by atoms with Gasteiger partial charge in [0, 0.05) is 5.56 Å². The molecule has 0 atom stereocenters. The lowest BCUT2D eigenvalue weighted by Gasteiger charge is -2.17. The van der Waals surface area contributed by atoms with Crippen LogP contribution in [0, 0.1) is 13.8 Å². The van der Waals surface area contributed by atoms with Crippen molar-refractivity contribution in [1.82, 2.24) is 0 Å². The molecule has 26 heavy (non-hydrogen) atoms. The first-order valence-electron chi connectivity index (χ1n) is 8.41. The summed E-state index contributed by atoms with van der Waals surface area (Å²) in [6.07, 6.45) is 0. The maximum atomic E-state index is 6.03. The Morgan fingerprint density at radius 1 is 1.15 bits per heavy atom. The number of oxime groups is 2. The smallest absolute Gasteiger partial charge is 0.280 e. The molecule has 6 heteroatoms. The van der Waals surface area contributed by atoms with Crippen LogP contribution in [0.4, 0.5) is 0 Å². The van der Waals surface area contributed by atoms with E-state index in [1.807, 2.05) is 43.3 Å². The summed E-state index contributed by atoms with van der Waals surface area (Å²) in [6.45, 7) is 5.32. The summed E-state index contributed by atoms with van der Waals surface area (Å²) >= 11 is 0. The van der Waals surface area contributed by atoms with Crippen molar-refractivity contribution in [2.24, 2.45) is 10.3 Å². The summed E-state index contributed by atoms with van der Waals surface area (Å²) in [4.78, 5) is 10.1. The molecule has 3 rings (SSSR count). The Morgan fingerprint density at radius 3 is 2.73 bits per heavy atom. The highest BCUT2D eigenvalue weighted by molar-refractivity contribution is 6.45. The highest BCUT2D eigenvalue weighted by Gasteiger charge is 2.21. The molecular weight excluding hydrogens is 332 g/mol. The zero-order chi connectivity index (χ0) is 18.4. The van der Waals surface area contributed by atoms with Crippen LogP contribution in [0.1, 0.15) is 22.3 Å². The van der Waals surface area contributed by atoms with E-state index in [-0.39, 0.29) is 0 Å². The molecule has 0 unspecified atom stereocenters. The van der Waals surface area contributed by atoms with Crippen LogP contribution < -0.4 is 4.74 Å². The topological polar surface area (TPSA) is 61.6 Å². The number of benzene rings is 2. The minimum absolute atomic E-state index is 0.303. The molecule has 0 fully saturated rings. The van der Waals surface area contributed by atoms with Crippen molar-refractivity contribution in [2.45, 2.75) is 20.5 Å². The molecular formula is C20H22N2O4. The molecule has 0 radical (unpaired) electrons. The standard InChI is InChI=1S/C20H22N2O4/c1-14-8-9-18(15(2)12-14)25-13-16-6-4-5-7-17(16)19(21-23-3)20-22-26-11-10-24-20/h4-9,12H,10-11,13H2,1-3H3. The Bertz CT molecular complexity index is 830. The van der Waals surface area contributed by atoms with Crippen molar-refractivity contribution in [3.8, 4) is 5.75 Å². The van der Waals surface area contributed by atoms with Gasteiger partial charge in [0.15, 0.2) is 12.3 Å². The van der Waals surface area contributed by atoms with Gasteiger partial charge < -0.3 is 19.1 Å². The quantitative estimate of drug-likeness (QED) is 0.587. The van der Waals surface area contributed by atoms with E-state index in [1.54, 1.807) is 0 Å². The zero-order valence-corrected chi connectivity index (χ0v) is 15.2. The highest BCUT2D eigenvalue weighted by Crippen LogP contribution is 2.21. The fraction of sp³-hybridized carbons (Fsp3) is 0.300. The van der Waals surface area contributed by atoms with Gasteiger partial charge in [0.05, 0.1) is 0 Å². The minimum atomic E-state index is 0.303. The van der Waals surface area contributed by atoms with E-state index in [0.29, 0.717) is 31.4 Å². The lowest BCUT2D eigenvalue weighted by Crippen LogP contribution is -2.26. The second-order valence-electron chi connectivity index (χ2n) is 5.92. The summed E-state index contributed by atoms with van der Waals surface area (Å²) in [7, 11) is 1.49. The maximum absolute atomic E-state index is 6.03. The monoisotopic (exact) mass is 354 g/mol. The van der Waals surface area contributed by atoms with Gasteiger partial charge in [-0.25, -0.2) is 0 Å². The van der Waals surface area contributed by atoms with Gasteiger partial charge in [0.1, 0.15) is 26.1 Å². The van der Waals surface area contributed by atoms with E-state index >= 15 is 0 Å². The molecule has 0 aromatic heterocycles. The number of hydrogen-bond acceptors (Lipinski definition) is 6. The summed E-state index contributed by atoms with van der Waals surface area (Å²) in [6, 6.07) is 13.9. The summed E-state index contributed by atoms with van der Waals surface area (Å²) < 4.78 is 11.6. The van der Waals surface area contributed by atoms with Crippen molar-refractivity contribution in [3.05, 3.63) is 64.7 Å². The van der Waals surface area contributed by atoms with Gasteiger partial charge >= 0.3 is 0 Å². The predicted molar refractivity (Wildman–Crippen MR) is 99.6 cm³/mol. The largest absolute Gasteiger partial charge is 0.489 e. The minimum Gasteiger partial charge on any atom is -0.489 e. The Hall–Kier alpha value is -3.02. The second kappa shape index (κ2) is 8.38. The van der Waals surface area contributed by atoms with Gasteiger partial charge in [-0.15, -0.1) is 0 Å². The van der Waals surface area contributed by atoms with Crippen molar-refractivity contribution < 1.29 is 19.1 Å². The van der Waals surface area contributed by atoms with Gasteiger partial charge in [-0.1, -0.05) is 47.1 Å². The van der Waals surface area contributed by atoms with E-state index in [4.69, 9.17) is 19.1 Å². The molecule has 0 N–H and O–H groups in total. The first-order valence-corrected chi connectivity index (χ1v) is 8.41. The van der Waals surface area contributed by atoms with Gasteiger partial charge in [-0.3, -0.25) is 0 Å². The third kappa shape index (κ3) is 4.14.